The topological polar surface area (TPSA) is 70.2 Å². The average molecular weight is 365 g/mol. The first kappa shape index (κ1) is 16.7. The van der Waals surface area contributed by atoms with E-state index in [9.17, 15) is 13.2 Å². The number of para-hydroxylation sites is 2. The fourth-order valence-corrected chi connectivity index (χ4v) is 5.65. The smallest absolute Gasteiger partial charge is 0.326 e. The number of carbonyl (C=O) groups excluding carboxylic acids is 1. The number of nitrogens with zero attached hydrogens (tertiary/aromatic N) is 3. The Kier molecular flexibility index (Phi) is 4.11. The summed E-state index contributed by atoms with van der Waals surface area (Å²) in [5, 5.41) is 0. The van der Waals surface area contributed by atoms with Crippen LogP contribution in [0, 0.1) is 5.92 Å². The van der Waals surface area contributed by atoms with Gasteiger partial charge < -0.3 is 9.64 Å². The molecule has 0 saturated carbocycles. The normalized spacial score (nSPS) is 26.1. The molecule has 8 heteroatoms. The highest BCUT2D eigenvalue weighted by atomic mass is 32.2. The number of hydrogen-bond donors (Lipinski definition) is 0. The number of benzene rings is 1. The quantitative estimate of drug-likeness (QED) is 0.790. The van der Waals surface area contributed by atoms with E-state index >= 15 is 0 Å². The number of amides is 1. The number of hydrogen-bond acceptors (Lipinski definition) is 4. The Labute approximate surface area is 148 Å². The first-order valence-corrected chi connectivity index (χ1v) is 10.1. The van der Waals surface area contributed by atoms with E-state index in [-0.39, 0.29) is 17.9 Å². The summed E-state index contributed by atoms with van der Waals surface area (Å²) in [5.74, 6) is 0.122. The van der Waals surface area contributed by atoms with E-state index in [0.29, 0.717) is 44.8 Å². The highest BCUT2D eigenvalue weighted by Gasteiger charge is 2.43. The Balaban J connectivity index is 1.50. The molecule has 3 aliphatic rings. The van der Waals surface area contributed by atoms with Gasteiger partial charge in [0.15, 0.2) is 0 Å². The summed E-state index contributed by atoms with van der Waals surface area (Å²) < 4.78 is 33.9. The predicted molar refractivity (Wildman–Crippen MR) is 94.8 cm³/mol. The molecule has 2 fully saturated rings. The summed E-state index contributed by atoms with van der Waals surface area (Å²) in [4.78, 5) is 14.4. The van der Waals surface area contributed by atoms with E-state index in [1.54, 1.807) is 11.4 Å². The highest BCUT2D eigenvalue weighted by Crippen LogP contribution is 2.42. The van der Waals surface area contributed by atoms with Gasteiger partial charge in [0.05, 0.1) is 29.9 Å². The molecule has 1 atom stereocenters. The zero-order valence-corrected chi connectivity index (χ0v) is 15.1. The second kappa shape index (κ2) is 6.17. The van der Waals surface area contributed by atoms with Crippen LogP contribution in [0.2, 0.25) is 0 Å². The number of fused-ring (bicyclic) bond motifs is 1. The number of ether oxygens (including phenoxy) is 1. The van der Waals surface area contributed by atoms with Crippen molar-refractivity contribution in [1.82, 2.24) is 4.90 Å². The van der Waals surface area contributed by atoms with Crippen LogP contribution in [0.1, 0.15) is 19.3 Å². The van der Waals surface area contributed by atoms with Crippen LogP contribution < -0.4 is 8.61 Å². The fraction of sp³-hybridized carbons (Fsp3) is 0.588. The van der Waals surface area contributed by atoms with E-state index in [1.165, 1.54) is 4.31 Å². The maximum Gasteiger partial charge on any atom is 0.326 e. The van der Waals surface area contributed by atoms with Gasteiger partial charge in [-0.3, -0.25) is 9.10 Å². The van der Waals surface area contributed by atoms with Crippen molar-refractivity contribution in [1.29, 1.82) is 0 Å². The van der Waals surface area contributed by atoms with Gasteiger partial charge in [-0.05, 0) is 31.4 Å². The van der Waals surface area contributed by atoms with Crippen LogP contribution in [0.3, 0.4) is 0 Å². The van der Waals surface area contributed by atoms with Crippen molar-refractivity contribution in [2.24, 2.45) is 5.92 Å². The zero-order chi connectivity index (χ0) is 17.6. The molecule has 0 radical (unpaired) electrons. The molecular formula is C17H23N3O4S. The van der Waals surface area contributed by atoms with E-state index in [2.05, 4.69) is 0 Å². The van der Waals surface area contributed by atoms with Crippen molar-refractivity contribution in [2.75, 3.05) is 42.0 Å². The number of rotatable bonds is 2. The summed E-state index contributed by atoms with van der Waals surface area (Å²) in [6.07, 6.45) is 2.10. The summed E-state index contributed by atoms with van der Waals surface area (Å²) in [5.41, 5.74) is 1.45. The maximum absolute atomic E-state index is 12.8. The Hall–Kier alpha value is -1.80. The first-order valence-electron chi connectivity index (χ1n) is 8.74. The summed E-state index contributed by atoms with van der Waals surface area (Å²) in [7, 11) is -1.94. The van der Waals surface area contributed by atoms with Crippen LogP contribution in [0.15, 0.2) is 24.3 Å². The molecule has 1 aromatic rings. The Morgan fingerprint density at radius 3 is 2.44 bits per heavy atom. The van der Waals surface area contributed by atoms with Crippen LogP contribution in [0.4, 0.5) is 11.4 Å². The van der Waals surface area contributed by atoms with Gasteiger partial charge in [0, 0.05) is 26.7 Å². The molecule has 0 N–H and O–H groups in total. The molecule has 136 valence electrons. The lowest BCUT2D eigenvalue weighted by atomic mass is 10.0. The molecule has 1 aromatic carbocycles. The summed E-state index contributed by atoms with van der Waals surface area (Å²) >= 11 is 0. The lowest BCUT2D eigenvalue weighted by Gasteiger charge is -2.37. The summed E-state index contributed by atoms with van der Waals surface area (Å²) in [6.45, 7) is 2.36. The average Bonchev–Trinajstić information content (AvgIpc) is 3.22. The van der Waals surface area contributed by atoms with Gasteiger partial charge in [0.25, 0.3) is 0 Å². The molecule has 0 aromatic heterocycles. The van der Waals surface area contributed by atoms with Crippen molar-refractivity contribution in [2.45, 2.75) is 25.3 Å². The van der Waals surface area contributed by atoms with Crippen molar-refractivity contribution in [3.05, 3.63) is 24.3 Å². The van der Waals surface area contributed by atoms with Crippen LogP contribution >= 0.6 is 0 Å². The van der Waals surface area contributed by atoms with Crippen LogP contribution in [-0.2, 0) is 19.7 Å². The number of piperidine rings is 1. The Bertz CT molecular complexity index is 768. The molecule has 0 bridgehead atoms. The minimum Gasteiger partial charge on any atom is -0.381 e. The molecule has 4 rings (SSSR count). The lowest BCUT2D eigenvalue weighted by Crippen LogP contribution is -2.50. The monoisotopic (exact) mass is 365 g/mol. The van der Waals surface area contributed by atoms with E-state index in [0.717, 1.165) is 12.1 Å². The third kappa shape index (κ3) is 2.67. The van der Waals surface area contributed by atoms with Crippen LogP contribution in [0.25, 0.3) is 0 Å². The minimum absolute atomic E-state index is 0.0288. The maximum atomic E-state index is 12.8. The molecule has 3 heterocycles. The molecular weight excluding hydrogens is 342 g/mol. The molecule has 1 unspecified atom stereocenters. The predicted octanol–water partition coefficient (Wildman–Crippen LogP) is 1.22. The zero-order valence-electron chi connectivity index (χ0n) is 14.3. The van der Waals surface area contributed by atoms with Crippen molar-refractivity contribution in [3.8, 4) is 0 Å². The van der Waals surface area contributed by atoms with Gasteiger partial charge in [-0.2, -0.15) is 8.42 Å². The minimum atomic E-state index is -3.53. The van der Waals surface area contributed by atoms with E-state index in [1.807, 2.05) is 29.2 Å². The third-order valence-corrected chi connectivity index (χ3v) is 7.32. The largest absolute Gasteiger partial charge is 0.381 e. The van der Waals surface area contributed by atoms with Crippen molar-refractivity contribution >= 4 is 27.5 Å². The standard InChI is InChI=1S/C17H23N3O4S/c1-18-15-4-2-3-5-16(15)20(25(18,22)23)14-6-9-19(10-7-14)17(21)13-8-11-24-12-13/h2-5,13-14H,6-12H2,1H3. The second-order valence-corrected chi connectivity index (χ2v) is 8.71. The highest BCUT2D eigenvalue weighted by molar-refractivity contribution is 7.94. The van der Waals surface area contributed by atoms with E-state index < -0.39 is 10.2 Å². The van der Waals surface area contributed by atoms with Crippen LogP contribution in [0.5, 0.6) is 0 Å². The SMILES string of the molecule is CN1c2ccccc2N(C2CCN(C(=O)C3CCOC3)CC2)S1(=O)=O. The molecule has 25 heavy (non-hydrogen) atoms. The van der Waals surface area contributed by atoms with Gasteiger partial charge in [-0.25, -0.2) is 4.31 Å². The van der Waals surface area contributed by atoms with Crippen molar-refractivity contribution < 1.29 is 17.9 Å². The molecule has 3 aliphatic heterocycles. The van der Waals surface area contributed by atoms with Crippen LogP contribution in [-0.4, -0.2) is 58.6 Å². The second-order valence-electron chi connectivity index (χ2n) is 6.88. The number of anilines is 2. The molecule has 2 saturated heterocycles. The molecule has 0 aliphatic carbocycles. The summed E-state index contributed by atoms with van der Waals surface area (Å²) in [6, 6.07) is 7.27. The molecule has 1 amide bonds. The van der Waals surface area contributed by atoms with Gasteiger partial charge in [-0.1, -0.05) is 12.1 Å². The number of likely N-dealkylation sites (tertiary alicyclic amines) is 1. The number of carbonyl (C=O) groups is 1. The Morgan fingerprint density at radius 1 is 1.12 bits per heavy atom. The van der Waals surface area contributed by atoms with Gasteiger partial charge in [-0.15, -0.1) is 0 Å². The Morgan fingerprint density at radius 2 is 1.80 bits per heavy atom. The molecule has 7 nitrogen and oxygen atoms in total. The van der Waals surface area contributed by atoms with Gasteiger partial charge in [0.2, 0.25) is 5.91 Å². The lowest BCUT2D eigenvalue weighted by molar-refractivity contribution is -0.136. The van der Waals surface area contributed by atoms with Crippen molar-refractivity contribution in [3.63, 3.8) is 0 Å². The van der Waals surface area contributed by atoms with Gasteiger partial charge in [0.1, 0.15) is 0 Å². The first-order chi connectivity index (χ1) is 12.0. The molecule has 0 spiro atoms. The van der Waals surface area contributed by atoms with E-state index in [4.69, 9.17) is 4.74 Å². The fourth-order valence-electron chi connectivity index (χ4n) is 3.99. The third-order valence-electron chi connectivity index (χ3n) is 5.44. The van der Waals surface area contributed by atoms with Gasteiger partial charge >= 0.3 is 10.2 Å².